The van der Waals surface area contributed by atoms with Crippen molar-refractivity contribution in [1.29, 1.82) is 0 Å². The van der Waals surface area contributed by atoms with Gasteiger partial charge in [-0.25, -0.2) is 23.9 Å². The number of anilines is 1. The standard InChI is InChI=1S/C21H22F2N6O4S/c22-15-2-4-18(23)14(8-15)10-29-6-5-19(28-29)20(30)17-9-25-12-26-21(17)27-16-3-1-13(7-16)11-33-34(24,31)32/h2,4-6,8-9,12-13,16H,1,3,7,10-11H2,(H2,24,31,32)(H,25,26,27)/t13-,16+/m1/s1. The SMILES string of the molecule is NS(=O)(=O)OC[C@@H]1CC[C@H](Nc2ncncc2C(=O)c2ccn(Cc3cc(F)ccc3F)n2)C1. The molecule has 34 heavy (non-hydrogen) atoms. The van der Waals surface area contributed by atoms with Crippen molar-refractivity contribution in [2.75, 3.05) is 11.9 Å². The Labute approximate surface area is 194 Å². The van der Waals surface area contributed by atoms with Crippen molar-refractivity contribution < 1.29 is 26.2 Å². The van der Waals surface area contributed by atoms with Gasteiger partial charge < -0.3 is 5.32 Å². The third kappa shape index (κ3) is 5.98. The fraction of sp³-hybridized carbons (Fsp3) is 0.333. The summed E-state index contributed by atoms with van der Waals surface area (Å²) in [5.41, 5.74) is 0.407. The number of aromatic nitrogens is 4. The van der Waals surface area contributed by atoms with Crippen molar-refractivity contribution in [3.05, 3.63) is 71.4 Å². The fourth-order valence-electron chi connectivity index (χ4n) is 3.90. The van der Waals surface area contributed by atoms with Crippen LogP contribution in [-0.2, 0) is 21.0 Å². The van der Waals surface area contributed by atoms with E-state index in [-0.39, 0.29) is 41.9 Å². The van der Waals surface area contributed by atoms with E-state index >= 15 is 0 Å². The number of nitrogens with zero attached hydrogens (tertiary/aromatic N) is 4. The number of nitrogens with two attached hydrogens (primary N) is 1. The van der Waals surface area contributed by atoms with E-state index in [0.29, 0.717) is 12.2 Å². The van der Waals surface area contributed by atoms with E-state index in [1.54, 1.807) is 0 Å². The summed E-state index contributed by atoms with van der Waals surface area (Å²) in [6.45, 7) is -0.0484. The summed E-state index contributed by atoms with van der Waals surface area (Å²) in [5, 5.41) is 12.3. The van der Waals surface area contributed by atoms with E-state index in [4.69, 9.17) is 5.14 Å². The quantitative estimate of drug-likeness (QED) is 0.432. The van der Waals surface area contributed by atoms with Crippen molar-refractivity contribution in [2.24, 2.45) is 11.1 Å². The second-order valence-electron chi connectivity index (χ2n) is 8.05. The van der Waals surface area contributed by atoms with Crippen LogP contribution in [0.1, 0.15) is 40.9 Å². The van der Waals surface area contributed by atoms with Crippen LogP contribution in [0.25, 0.3) is 0 Å². The molecule has 2 aromatic heterocycles. The minimum atomic E-state index is -3.99. The van der Waals surface area contributed by atoms with Crippen LogP contribution in [0.2, 0.25) is 0 Å². The van der Waals surface area contributed by atoms with Gasteiger partial charge in [0.05, 0.1) is 18.7 Å². The van der Waals surface area contributed by atoms with Gasteiger partial charge in [0.2, 0.25) is 5.78 Å². The first-order valence-corrected chi connectivity index (χ1v) is 11.9. The zero-order chi connectivity index (χ0) is 24.3. The molecule has 1 aliphatic carbocycles. The Morgan fingerprint density at radius 3 is 2.88 bits per heavy atom. The van der Waals surface area contributed by atoms with Gasteiger partial charge in [-0.1, -0.05) is 0 Å². The normalized spacial score (nSPS) is 18.2. The molecule has 1 saturated carbocycles. The maximum atomic E-state index is 13.9. The number of ketones is 1. The lowest BCUT2D eigenvalue weighted by Gasteiger charge is -2.15. The average molecular weight is 493 g/mol. The molecule has 0 aliphatic heterocycles. The van der Waals surface area contributed by atoms with E-state index in [9.17, 15) is 22.0 Å². The van der Waals surface area contributed by atoms with Crippen molar-refractivity contribution in [3.63, 3.8) is 0 Å². The van der Waals surface area contributed by atoms with Crippen molar-refractivity contribution in [2.45, 2.75) is 31.8 Å². The highest BCUT2D eigenvalue weighted by atomic mass is 32.2. The molecule has 1 aliphatic rings. The third-order valence-electron chi connectivity index (χ3n) is 5.52. The predicted molar refractivity (Wildman–Crippen MR) is 117 cm³/mol. The summed E-state index contributed by atoms with van der Waals surface area (Å²) in [4.78, 5) is 21.2. The van der Waals surface area contributed by atoms with Crippen LogP contribution in [-0.4, -0.2) is 46.6 Å². The Bertz CT molecular complexity index is 1300. The smallest absolute Gasteiger partial charge is 0.333 e. The van der Waals surface area contributed by atoms with Crippen LogP contribution in [0.15, 0.2) is 43.0 Å². The van der Waals surface area contributed by atoms with Crippen LogP contribution < -0.4 is 10.5 Å². The average Bonchev–Trinajstić information content (AvgIpc) is 3.44. The lowest BCUT2D eigenvalue weighted by molar-refractivity contribution is 0.103. The lowest BCUT2D eigenvalue weighted by atomic mass is 10.1. The molecule has 0 radical (unpaired) electrons. The van der Waals surface area contributed by atoms with Gasteiger partial charge in [0.15, 0.2) is 0 Å². The first kappa shape index (κ1) is 23.9. The third-order valence-corrected chi connectivity index (χ3v) is 5.98. The van der Waals surface area contributed by atoms with E-state index in [0.717, 1.165) is 31.0 Å². The van der Waals surface area contributed by atoms with Gasteiger partial charge in [-0.05, 0) is 49.4 Å². The molecule has 0 amide bonds. The molecular weight excluding hydrogens is 470 g/mol. The molecule has 3 aromatic rings. The van der Waals surface area contributed by atoms with Crippen molar-refractivity contribution in [3.8, 4) is 0 Å². The molecule has 10 nitrogen and oxygen atoms in total. The Kier molecular flexibility index (Phi) is 6.95. The predicted octanol–water partition coefficient (Wildman–Crippen LogP) is 2.03. The van der Waals surface area contributed by atoms with Crippen LogP contribution in [0.5, 0.6) is 0 Å². The van der Waals surface area contributed by atoms with Crippen LogP contribution in [0.3, 0.4) is 0 Å². The summed E-state index contributed by atoms with van der Waals surface area (Å²) < 4.78 is 55.4. The molecule has 13 heteroatoms. The molecule has 0 saturated heterocycles. The highest BCUT2D eigenvalue weighted by Gasteiger charge is 2.28. The summed E-state index contributed by atoms with van der Waals surface area (Å²) in [7, 11) is -3.99. The Balaban J connectivity index is 1.44. The highest BCUT2D eigenvalue weighted by molar-refractivity contribution is 7.84. The minimum absolute atomic E-state index is 0.00395. The van der Waals surface area contributed by atoms with Gasteiger partial charge >= 0.3 is 10.3 Å². The number of hydrogen-bond acceptors (Lipinski definition) is 8. The molecule has 0 unspecified atom stereocenters. The van der Waals surface area contributed by atoms with Crippen molar-refractivity contribution in [1.82, 2.24) is 19.7 Å². The number of carbonyl (C=O) groups is 1. The van der Waals surface area contributed by atoms with Crippen LogP contribution in [0, 0.1) is 17.6 Å². The second kappa shape index (κ2) is 9.91. The summed E-state index contributed by atoms with van der Waals surface area (Å²) in [5.74, 6) is -1.26. The number of benzene rings is 1. The first-order chi connectivity index (χ1) is 16.2. The Morgan fingerprint density at radius 1 is 1.26 bits per heavy atom. The van der Waals surface area contributed by atoms with E-state index < -0.39 is 27.7 Å². The fourth-order valence-corrected chi connectivity index (χ4v) is 4.28. The Hall–Kier alpha value is -3.29. The zero-order valence-corrected chi connectivity index (χ0v) is 18.7. The number of hydrogen-bond donors (Lipinski definition) is 2. The molecule has 180 valence electrons. The highest BCUT2D eigenvalue weighted by Crippen LogP contribution is 2.29. The molecule has 1 fully saturated rings. The molecule has 0 spiro atoms. The molecule has 0 bridgehead atoms. The second-order valence-corrected chi connectivity index (χ2v) is 9.27. The van der Waals surface area contributed by atoms with E-state index in [1.165, 1.54) is 29.5 Å². The number of carbonyl (C=O) groups excluding carboxylic acids is 1. The maximum absolute atomic E-state index is 13.9. The van der Waals surface area contributed by atoms with Gasteiger partial charge in [0.25, 0.3) is 0 Å². The van der Waals surface area contributed by atoms with E-state index in [1.807, 2.05) is 0 Å². The molecule has 1 aromatic carbocycles. The van der Waals surface area contributed by atoms with Gasteiger partial charge in [-0.15, -0.1) is 0 Å². The summed E-state index contributed by atoms with van der Waals surface area (Å²) in [6, 6.07) is 4.57. The van der Waals surface area contributed by atoms with Crippen molar-refractivity contribution >= 4 is 21.9 Å². The number of nitrogens with one attached hydrogen (secondary N) is 1. The minimum Gasteiger partial charge on any atom is -0.367 e. The largest absolute Gasteiger partial charge is 0.367 e. The number of rotatable bonds is 9. The summed E-state index contributed by atoms with van der Waals surface area (Å²) >= 11 is 0. The zero-order valence-electron chi connectivity index (χ0n) is 17.9. The molecular formula is C21H22F2N6O4S. The maximum Gasteiger partial charge on any atom is 0.333 e. The van der Waals surface area contributed by atoms with Crippen LogP contribution in [0.4, 0.5) is 14.6 Å². The molecule has 2 heterocycles. The van der Waals surface area contributed by atoms with Gasteiger partial charge in [0.1, 0.15) is 29.5 Å². The monoisotopic (exact) mass is 492 g/mol. The van der Waals surface area contributed by atoms with Gasteiger partial charge in [0, 0.05) is 24.0 Å². The lowest BCUT2D eigenvalue weighted by Crippen LogP contribution is -2.22. The molecule has 3 N–H and O–H groups in total. The first-order valence-electron chi connectivity index (χ1n) is 10.4. The molecule has 4 rings (SSSR count). The van der Waals surface area contributed by atoms with Gasteiger partial charge in [-0.2, -0.15) is 13.5 Å². The Morgan fingerprint density at radius 2 is 2.09 bits per heavy atom. The topological polar surface area (TPSA) is 142 Å². The van der Waals surface area contributed by atoms with Crippen LogP contribution >= 0.6 is 0 Å². The van der Waals surface area contributed by atoms with E-state index in [2.05, 4.69) is 24.6 Å². The number of halogens is 2. The van der Waals surface area contributed by atoms with Gasteiger partial charge in [-0.3, -0.25) is 13.7 Å². The summed E-state index contributed by atoms with van der Waals surface area (Å²) in [6.07, 6.45) is 6.25. The molecule has 2 atom stereocenters.